The SMILES string of the molecule is C/C=C\C(=C/C)C1=CC(c2ccccc2)CC(c2cc(-c3ccc(C4=CCCN=C4c4ccc5c(c4)C4(c6ccccc6Oc6ccccc64)c4ccccc4-5)cc3)nc(C3=CCCC=C3)n2)=C1. The quantitative estimate of drug-likeness (QED) is 0.143. The van der Waals surface area contributed by atoms with Crippen molar-refractivity contribution in [1.82, 2.24) is 9.97 Å². The van der Waals surface area contributed by atoms with Gasteiger partial charge in [0.25, 0.3) is 0 Å². The van der Waals surface area contributed by atoms with E-state index < -0.39 is 5.41 Å². The lowest BCUT2D eigenvalue weighted by Crippen LogP contribution is -2.32. The summed E-state index contributed by atoms with van der Waals surface area (Å²) in [4.78, 5) is 15.9. The normalized spacial score (nSPS) is 17.8. The zero-order chi connectivity index (χ0) is 45.6. The van der Waals surface area contributed by atoms with Crippen molar-refractivity contribution >= 4 is 22.4 Å². The first kappa shape index (κ1) is 41.5. The molecule has 7 aromatic rings. The van der Waals surface area contributed by atoms with Crippen LogP contribution in [0, 0.1) is 0 Å². The number of nitrogens with zero attached hydrogens (tertiary/aromatic N) is 3. The summed E-state index contributed by atoms with van der Waals surface area (Å²) >= 11 is 0. The summed E-state index contributed by atoms with van der Waals surface area (Å²) in [7, 11) is 0. The maximum Gasteiger partial charge on any atom is 0.160 e. The van der Waals surface area contributed by atoms with Crippen LogP contribution in [0.5, 0.6) is 11.5 Å². The minimum atomic E-state index is -0.539. The molecule has 3 heterocycles. The van der Waals surface area contributed by atoms with E-state index >= 15 is 0 Å². The smallest absolute Gasteiger partial charge is 0.160 e. The Morgan fingerprint density at radius 2 is 1.32 bits per heavy atom. The summed E-state index contributed by atoms with van der Waals surface area (Å²) in [6.07, 6.45) is 24.1. The molecule has 1 unspecified atom stereocenters. The highest BCUT2D eigenvalue weighted by atomic mass is 16.5. The number of para-hydroxylation sites is 2. The van der Waals surface area contributed by atoms with E-state index in [2.05, 4.69) is 220 Å². The second-order valence-corrected chi connectivity index (χ2v) is 18.2. The monoisotopic (exact) mass is 877 g/mol. The van der Waals surface area contributed by atoms with Crippen LogP contribution < -0.4 is 4.74 Å². The lowest BCUT2D eigenvalue weighted by Gasteiger charge is -2.39. The van der Waals surface area contributed by atoms with E-state index in [0.717, 1.165) is 106 Å². The number of rotatable bonds is 8. The van der Waals surface area contributed by atoms with Crippen LogP contribution in [0.25, 0.3) is 39.1 Å². The molecule has 5 aliphatic rings. The van der Waals surface area contributed by atoms with Crippen molar-refractivity contribution < 1.29 is 4.74 Å². The molecule has 1 atom stereocenters. The van der Waals surface area contributed by atoms with Gasteiger partial charge in [-0.05, 0) is 120 Å². The number of fused-ring (bicyclic) bond motifs is 9. The van der Waals surface area contributed by atoms with Gasteiger partial charge < -0.3 is 4.74 Å². The summed E-state index contributed by atoms with van der Waals surface area (Å²) in [5, 5.41) is 0. The second-order valence-electron chi connectivity index (χ2n) is 18.2. The molecule has 12 rings (SSSR count). The van der Waals surface area contributed by atoms with Crippen molar-refractivity contribution in [2.24, 2.45) is 4.99 Å². The van der Waals surface area contributed by atoms with E-state index in [1.165, 1.54) is 44.5 Å². The van der Waals surface area contributed by atoms with Crippen molar-refractivity contribution in [1.29, 1.82) is 0 Å². The minimum absolute atomic E-state index is 0.218. The highest BCUT2D eigenvalue weighted by Gasteiger charge is 2.51. The Balaban J connectivity index is 0.928. The van der Waals surface area contributed by atoms with Crippen LogP contribution in [0.2, 0.25) is 0 Å². The molecule has 6 aromatic carbocycles. The van der Waals surface area contributed by atoms with Gasteiger partial charge in [-0.25, -0.2) is 9.97 Å². The van der Waals surface area contributed by atoms with Crippen LogP contribution >= 0.6 is 0 Å². The van der Waals surface area contributed by atoms with E-state index in [9.17, 15) is 0 Å². The topological polar surface area (TPSA) is 47.4 Å². The molecule has 1 aromatic heterocycles. The fourth-order valence-corrected chi connectivity index (χ4v) is 11.2. The number of ether oxygens (including phenoxy) is 1. The summed E-state index contributed by atoms with van der Waals surface area (Å²) in [6, 6.07) is 55.0. The molecular formula is C64H51N3O. The Morgan fingerprint density at radius 1 is 0.632 bits per heavy atom. The molecule has 4 heteroatoms. The first-order valence-corrected chi connectivity index (χ1v) is 24.1. The van der Waals surface area contributed by atoms with E-state index in [1.54, 1.807) is 0 Å². The van der Waals surface area contributed by atoms with Gasteiger partial charge in [0.2, 0.25) is 0 Å². The molecule has 3 aliphatic carbocycles. The number of aromatic nitrogens is 2. The third kappa shape index (κ3) is 7.02. The highest BCUT2D eigenvalue weighted by Crippen LogP contribution is 2.62. The standard InChI is InChI=1S/C64H51N3O/c1-3-18-42(4-2)48-37-49(43-19-7-5-8-20-43)39-50(38-48)59-41-58(66-63(67-59)46-21-9-6-10-22-46)45-32-30-44(31-33-45)51-24-17-36-65-62(51)47-34-35-53-52-23-11-12-25-54(52)64(57(53)40-47)55-26-13-15-28-60(55)68-61-29-16-14-27-56(61)64/h3-5,7-9,11-16,18-35,37-38,40-41,49H,6,10,17,36,39H2,1-2H3/b18-3-,42-4+. The Kier molecular flexibility index (Phi) is 10.6. The van der Waals surface area contributed by atoms with Gasteiger partial charge in [0.05, 0.1) is 22.5 Å². The minimum Gasteiger partial charge on any atom is -0.457 e. The molecule has 0 N–H and O–H groups in total. The van der Waals surface area contributed by atoms with Gasteiger partial charge in [0, 0.05) is 45.9 Å². The Hall–Kier alpha value is -7.95. The Bertz CT molecular complexity index is 3360. The van der Waals surface area contributed by atoms with Crippen molar-refractivity contribution in [3.8, 4) is 33.9 Å². The predicted molar refractivity (Wildman–Crippen MR) is 280 cm³/mol. The van der Waals surface area contributed by atoms with Gasteiger partial charge in [-0.1, -0.05) is 176 Å². The molecule has 0 fully saturated rings. The number of benzene rings is 6. The number of allylic oxidation sites excluding steroid dienone is 13. The zero-order valence-corrected chi connectivity index (χ0v) is 38.5. The molecular weight excluding hydrogens is 827 g/mol. The van der Waals surface area contributed by atoms with Gasteiger partial charge in [-0.2, -0.15) is 0 Å². The molecule has 0 saturated heterocycles. The van der Waals surface area contributed by atoms with Crippen molar-refractivity contribution in [3.05, 3.63) is 268 Å². The zero-order valence-electron chi connectivity index (χ0n) is 38.5. The largest absolute Gasteiger partial charge is 0.457 e. The van der Waals surface area contributed by atoms with Gasteiger partial charge in [0.15, 0.2) is 5.82 Å². The van der Waals surface area contributed by atoms with Gasteiger partial charge in [-0.15, -0.1) is 0 Å². The predicted octanol–water partition coefficient (Wildman–Crippen LogP) is 15.6. The van der Waals surface area contributed by atoms with Gasteiger partial charge >= 0.3 is 0 Å². The van der Waals surface area contributed by atoms with Crippen LogP contribution in [0.3, 0.4) is 0 Å². The maximum atomic E-state index is 6.62. The van der Waals surface area contributed by atoms with Crippen LogP contribution in [0.4, 0.5) is 0 Å². The lowest BCUT2D eigenvalue weighted by atomic mass is 9.66. The van der Waals surface area contributed by atoms with Crippen LogP contribution in [-0.4, -0.2) is 22.2 Å². The molecule has 328 valence electrons. The number of hydrogen-bond acceptors (Lipinski definition) is 4. The highest BCUT2D eigenvalue weighted by molar-refractivity contribution is 6.32. The first-order valence-electron chi connectivity index (χ1n) is 24.1. The number of hydrogen-bond donors (Lipinski definition) is 0. The van der Waals surface area contributed by atoms with E-state index in [-0.39, 0.29) is 5.92 Å². The number of aliphatic imine (C=N–C) groups is 1. The van der Waals surface area contributed by atoms with Crippen molar-refractivity contribution in [2.45, 2.75) is 50.9 Å². The Morgan fingerprint density at radius 3 is 2.07 bits per heavy atom. The third-order valence-corrected chi connectivity index (χ3v) is 14.3. The van der Waals surface area contributed by atoms with Crippen LogP contribution in [-0.2, 0) is 5.41 Å². The molecule has 1 spiro atoms. The summed E-state index contributed by atoms with van der Waals surface area (Å²) in [5.41, 5.74) is 20.2. The molecule has 0 radical (unpaired) electrons. The van der Waals surface area contributed by atoms with Crippen molar-refractivity contribution in [3.63, 3.8) is 0 Å². The van der Waals surface area contributed by atoms with Crippen LogP contribution in [0.1, 0.15) is 95.9 Å². The van der Waals surface area contributed by atoms with Gasteiger partial charge in [-0.3, -0.25) is 4.99 Å². The summed E-state index contributed by atoms with van der Waals surface area (Å²) in [5.74, 6) is 2.77. The van der Waals surface area contributed by atoms with E-state index in [4.69, 9.17) is 19.7 Å². The van der Waals surface area contributed by atoms with Crippen molar-refractivity contribution in [2.75, 3.05) is 6.54 Å². The molecule has 4 nitrogen and oxygen atoms in total. The summed E-state index contributed by atoms with van der Waals surface area (Å²) < 4.78 is 6.62. The third-order valence-electron chi connectivity index (χ3n) is 14.3. The lowest BCUT2D eigenvalue weighted by molar-refractivity contribution is 0.436. The molecule has 2 aliphatic heterocycles. The first-order chi connectivity index (χ1) is 33.6. The maximum absolute atomic E-state index is 6.62. The second kappa shape index (κ2) is 17.4. The molecule has 68 heavy (non-hydrogen) atoms. The Labute approximate surface area is 399 Å². The molecule has 0 saturated carbocycles. The van der Waals surface area contributed by atoms with E-state index in [1.807, 2.05) is 0 Å². The average molecular weight is 878 g/mol. The van der Waals surface area contributed by atoms with Crippen LogP contribution in [0.15, 0.2) is 222 Å². The fourth-order valence-electron chi connectivity index (χ4n) is 11.2. The fraction of sp³-hybridized carbons (Fsp3) is 0.141. The van der Waals surface area contributed by atoms with E-state index in [0.29, 0.717) is 0 Å². The van der Waals surface area contributed by atoms with Gasteiger partial charge in [0.1, 0.15) is 11.5 Å². The number of dihydropyridines is 1. The molecule has 0 amide bonds. The average Bonchev–Trinajstić information content (AvgIpc) is 3.70. The summed E-state index contributed by atoms with van der Waals surface area (Å²) in [6.45, 7) is 4.95. The molecule has 0 bridgehead atoms.